The first kappa shape index (κ1) is 41.3. The maximum atomic E-state index is 9.75. The Bertz CT molecular complexity index is 2480. The third-order valence-electron chi connectivity index (χ3n) is 8.54. The molecular formula is C46H30BF4N3S6. The van der Waals surface area contributed by atoms with Gasteiger partial charge in [0.1, 0.15) is 0 Å². The molecule has 0 saturated carbocycles. The van der Waals surface area contributed by atoms with Gasteiger partial charge in [-0.25, -0.2) is 0 Å². The van der Waals surface area contributed by atoms with Crippen molar-refractivity contribution < 1.29 is 17.3 Å². The van der Waals surface area contributed by atoms with E-state index < -0.39 is 7.25 Å². The monoisotopic (exact) mass is 903 g/mol. The first-order valence-electron chi connectivity index (χ1n) is 18.4. The van der Waals surface area contributed by atoms with Crippen molar-refractivity contribution >= 4 is 75.3 Å². The van der Waals surface area contributed by atoms with Crippen molar-refractivity contribution in [3.05, 3.63) is 200 Å². The second kappa shape index (κ2) is 19.3. The summed E-state index contributed by atoms with van der Waals surface area (Å²) >= 11 is 10.1. The van der Waals surface area contributed by atoms with Gasteiger partial charge in [-0.15, -0.1) is 0 Å². The average Bonchev–Trinajstić information content (AvgIpc) is 4.03. The molecule has 6 aromatic carbocycles. The second-order valence-electron chi connectivity index (χ2n) is 12.7. The van der Waals surface area contributed by atoms with Crippen molar-refractivity contribution in [1.82, 2.24) is 0 Å². The predicted octanol–water partition coefficient (Wildman–Crippen LogP) is 14.9. The fourth-order valence-corrected chi connectivity index (χ4v) is 13.3. The van der Waals surface area contributed by atoms with Crippen LogP contribution in [0.3, 0.4) is 0 Å². The number of halogens is 4. The van der Waals surface area contributed by atoms with Crippen LogP contribution in [0.4, 0.5) is 17.3 Å². The van der Waals surface area contributed by atoms with E-state index in [4.69, 9.17) is 15.0 Å². The van der Waals surface area contributed by atoms with Gasteiger partial charge >= 0.3 is 13.5 Å². The third-order valence-corrected chi connectivity index (χ3v) is 15.9. The van der Waals surface area contributed by atoms with Crippen LogP contribution in [0.5, 0.6) is 0 Å². The molecule has 0 spiro atoms. The van der Waals surface area contributed by atoms with Gasteiger partial charge in [0.15, 0.2) is 0 Å². The molecule has 296 valence electrons. The summed E-state index contributed by atoms with van der Waals surface area (Å²) in [5.74, 6) is 0. The smallest absolute Gasteiger partial charge is 0.418 e. The number of hydrogen-bond acceptors (Lipinski definition) is 9. The molecule has 0 radical (unpaired) electrons. The van der Waals surface area contributed by atoms with E-state index in [9.17, 15) is 17.3 Å². The van der Waals surface area contributed by atoms with Crippen molar-refractivity contribution in [3.63, 3.8) is 0 Å². The summed E-state index contributed by atoms with van der Waals surface area (Å²) in [7, 11) is -6.00. The molecule has 0 fully saturated rings. The Morgan fingerprint density at radius 1 is 0.283 bits per heavy atom. The lowest BCUT2D eigenvalue weighted by Crippen LogP contribution is -2.02. The van der Waals surface area contributed by atoms with Gasteiger partial charge in [0.2, 0.25) is 12.0 Å². The number of nitrogens with zero attached hydrogens (tertiary/aromatic N) is 3. The molecule has 0 saturated heterocycles. The predicted molar refractivity (Wildman–Crippen MR) is 249 cm³/mol. The Kier molecular flexibility index (Phi) is 13.3. The van der Waals surface area contributed by atoms with Gasteiger partial charge in [-0.2, -0.15) is 0 Å². The van der Waals surface area contributed by atoms with Crippen LogP contribution in [0.2, 0.25) is 0 Å². The minimum absolute atomic E-state index is 0.435. The first-order valence-corrected chi connectivity index (χ1v) is 23.3. The Morgan fingerprint density at radius 2 is 0.433 bits per heavy atom. The molecule has 3 aromatic heterocycles. The lowest BCUT2D eigenvalue weighted by Gasteiger charge is -2.01. The maximum Gasteiger partial charge on any atom is 0.673 e. The molecule has 0 atom stereocenters. The number of hydrogen-bond donors (Lipinski definition) is 0. The normalized spacial score (nSPS) is 11.0. The van der Waals surface area contributed by atoms with E-state index in [-0.39, 0.29) is 0 Å². The van der Waals surface area contributed by atoms with Crippen molar-refractivity contribution in [2.75, 3.05) is 0 Å². The Hall–Kier alpha value is -5.48. The van der Waals surface area contributed by atoms with Crippen molar-refractivity contribution in [1.29, 1.82) is 0 Å². The average molecular weight is 904 g/mol. The summed E-state index contributed by atoms with van der Waals surface area (Å²) in [5.41, 5.74) is 7.00. The molecule has 0 aliphatic carbocycles. The summed E-state index contributed by atoms with van der Waals surface area (Å²) in [6.07, 6.45) is 0.435. The molecule has 0 unspecified atom stereocenters. The topological polar surface area (TPSA) is 37.1 Å². The maximum absolute atomic E-state index is 9.75. The molecule has 3 heterocycles. The first-order chi connectivity index (χ1) is 29.2. The van der Waals surface area contributed by atoms with E-state index in [2.05, 4.69) is 182 Å². The highest BCUT2D eigenvalue weighted by Crippen LogP contribution is 2.40. The van der Waals surface area contributed by atoms with E-state index in [1.165, 1.54) is 62.6 Å². The zero-order valence-corrected chi connectivity index (χ0v) is 36.1. The van der Waals surface area contributed by atoms with Crippen molar-refractivity contribution in [2.45, 2.75) is 0 Å². The highest BCUT2D eigenvalue weighted by molar-refractivity contribution is 7.33. The van der Waals surface area contributed by atoms with Crippen LogP contribution in [-0.4, -0.2) is 7.25 Å². The molecule has 0 aliphatic heterocycles. The summed E-state index contributed by atoms with van der Waals surface area (Å²) in [5, 5.41) is 0. The number of rotatable bonds is 9. The molecule has 0 amide bonds. The van der Waals surface area contributed by atoms with Gasteiger partial charge < -0.3 is 17.3 Å². The van der Waals surface area contributed by atoms with E-state index in [1.54, 1.807) is 68.0 Å². The van der Waals surface area contributed by atoms with Crippen LogP contribution in [0.1, 0.15) is 0 Å². The molecular weight excluding hydrogens is 874 g/mol. The van der Waals surface area contributed by atoms with Crippen LogP contribution in [0.25, 0.3) is 62.6 Å². The lowest BCUT2D eigenvalue weighted by atomic mass is 10.1. The molecule has 0 bridgehead atoms. The Balaban J connectivity index is 0.000000943. The van der Waals surface area contributed by atoms with Gasteiger partial charge in [-0.3, -0.25) is 0 Å². The SMILES string of the molecule is F[B-](F)(F)F.c1ccc(-c2sc(=N[C+](N=c3sc(-c4ccccc4)c(-c4ccccc4)s3)N=c3sc(-c4ccccc4)c(-c4ccccc4)s3)sc2-c2ccccc2)cc1. The fraction of sp³-hybridized carbons (Fsp3) is 0. The van der Waals surface area contributed by atoms with Crippen LogP contribution < -0.4 is 12.0 Å². The van der Waals surface area contributed by atoms with Crippen LogP contribution in [0.15, 0.2) is 197 Å². The molecule has 60 heavy (non-hydrogen) atoms. The molecule has 3 nitrogen and oxygen atoms in total. The highest BCUT2D eigenvalue weighted by Gasteiger charge is 2.22. The van der Waals surface area contributed by atoms with Crippen molar-refractivity contribution in [2.24, 2.45) is 15.0 Å². The molecule has 0 aliphatic rings. The number of benzene rings is 6. The van der Waals surface area contributed by atoms with Gasteiger partial charge in [0.05, 0.1) is 29.3 Å². The van der Waals surface area contributed by atoms with Crippen LogP contribution >= 0.6 is 68.0 Å². The van der Waals surface area contributed by atoms with E-state index in [0.29, 0.717) is 6.29 Å². The molecule has 0 N–H and O–H groups in total. The minimum Gasteiger partial charge on any atom is -0.418 e. The van der Waals surface area contributed by atoms with E-state index in [0.717, 1.165) is 12.0 Å². The quantitative estimate of drug-likeness (QED) is 0.0786. The second-order valence-corrected chi connectivity index (χ2v) is 19.5. The van der Waals surface area contributed by atoms with Crippen molar-refractivity contribution in [3.8, 4) is 62.6 Å². The minimum atomic E-state index is -6.00. The summed E-state index contributed by atoms with van der Waals surface area (Å²) in [6, 6.07) is 63.5. The fourth-order valence-electron chi connectivity index (χ4n) is 6.00. The standard InChI is InChI=1S/C46H30N3S6.BF4/c1-7-19-31(20-8-1)37-38(32-21-9-2-10-22-32)51-44(50-37)47-43(48-45-52-39(33-23-11-3-12-24-33)40(53-45)34-25-13-4-14-26-34)49-46-54-41(35-27-15-5-16-28-35)42(55-46)36-29-17-6-18-30-36;2-1(3,4)5/h1-30H;/q+1;-1. The Morgan fingerprint density at radius 3 is 0.583 bits per heavy atom. The summed E-state index contributed by atoms with van der Waals surface area (Å²) in [4.78, 5) is 23.0. The van der Waals surface area contributed by atoms with Gasteiger partial charge in [-0.05, 0) is 33.4 Å². The molecule has 14 heteroatoms. The summed E-state index contributed by atoms with van der Waals surface area (Å²) in [6.45, 7) is 0. The van der Waals surface area contributed by atoms with Gasteiger partial charge in [-0.1, -0.05) is 265 Å². The third kappa shape index (κ3) is 10.6. The highest BCUT2D eigenvalue weighted by atomic mass is 32.2. The zero-order chi connectivity index (χ0) is 41.3. The van der Waals surface area contributed by atoms with Crippen LogP contribution in [-0.2, 0) is 0 Å². The summed E-state index contributed by atoms with van der Waals surface area (Å²) < 4.78 is 41.7. The largest absolute Gasteiger partial charge is 0.673 e. The van der Waals surface area contributed by atoms with E-state index in [1.807, 2.05) is 0 Å². The van der Waals surface area contributed by atoms with E-state index >= 15 is 0 Å². The van der Waals surface area contributed by atoms with Crippen LogP contribution in [0, 0.1) is 6.29 Å². The van der Waals surface area contributed by atoms with Gasteiger partial charge in [0.25, 0.3) is 0 Å². The zero-order valence-electron chi connectivity index (χ0n) is 31.2. The molecule has 9 aromatic rings. The lowest BCUT2D eigenvalue weighted by molar-refractivity contribution is 0.368. The van der Waals surface area contributed by atoms with Gasteiger partial charge in [0, 0.05) is 0 Å². The Labute approximate surface area is 367 Å². The molecule has 9 rings (SSSR count).